The van der Waals surface area contributed by atoms with Gasteiger partial charge in [0.15, 0.2) is 5.76 Å². The van der Waals surface area contributed by atoms with Crippen molar-refractivity contribution in [3.05, 3.63) is 107 Å². The van der Waals surface area contributed by atoms with Crippen molar-refractivity contribution >= 4 is 11.5 Å². The molecule has 4 heteroatoms. The van der Waals surface area contributed by atoms with Crippen molar-refractivity contribution in [2.75, 3.05) is 7.11 Å². The Morgan fingerprint density at radius 2 is 1.68 bits per heavy atom. The molecular weight excluding hydrogens is 386 g/mol. The van der Waals surface area contributed by atoms with Gasteiger partial charge in [-0.3, -0.25) is 4.79 Å². The zero-order valence-corrected chi connectivity index (χ0v) is 18.1. The van der Waals surface area contributed by atoms with Crippen LogP contribution in [0.15, 0.2) is 84.6 Å². The lowest BCUT2D eigenvalue weighted by atomic mass is 9.91. The number of aliphatic hydroxyl groups excluding tert-OH is 1. The van der Waals surface area contributed by atoms with Crippen molar-refractivity contribution in [1.82, 2.24) is 4.90 Å². The van der Waals surface area contributed by atoms with Crippen LogP contribution in [0.4, 0.5) is 0 Å². The SMILES string of the molecule is COc1cccc(CN2C(=O)C(O)=C(c3ccccc3)[C@@H]2c2ccc(C(C)C)cc2)c1. The van der Waals surface area contributed by atoms with E-state index < -0.39 is 0 Å². The minimum Gasteiger partial charge on any atom is -0.503 e. The Hall–Kier alpha value is -3.53. The number of hydrogen-bond acceptors (Lipinski definition) is 3. The average molecular weight is 414 g/mol. The highest BCUT2D eigenvalue weighted by Crippen LogP contribution is 2.44. The summed E-state index contributed by atoms with van der Waals surface area (Å²) < 4.78 is 5.34. The van der Waals surface area contributed by atoms with E-state index in [0.29, 0.717) is 18.0 Å². The molecule has 4 nitrogen and oxygen atoms in total. The molecule has 0 radical (unpaired) electrons. The summed E-state index contributed by atoms with van der Waals surface area (Å²) in [6.45, 7) is 4.68. The Labute approximate surface area is 183 Å². The maximum atomic E-state index is 13.2. The number of rotatable bonds is 6. The van der Waals surface area contributed by atoms with E-state index in [9.17, 15) is 9.90 Å². The quantitative estimate of drug-likeness (QED) is 0.550. The van der Waals surface area contributed by atoms with E-state index in [1.54, 1.807) is 12.0 Å². The second-order valence-corrected chi connectivity index (χ2v) is 8.14. The van der Waals surface area contributed by atoms with Crippen molar-refractivity contribution in [1.29, 1.82) is 0 Å². The highest BCUT2D eigenvalue weighted by atomic mass is 16.5. The highest BCUT2D eigenvalue weighted by Gasteiger charge is 2.41. The van der Waals surface area contributed by atoms with Gasteiger partial charge in [0.05, 0.1) is 13.2 Å². The van der Waals surface area contributed by atoms with Crippen LogP contribution in [0.3, 0.4) is 0 Å². The number of aliphatic hydroxyl groups is 1. The van der Waals surface area contributed by atoms with Gasteiger partial charge in [-0.25, -0.2) is 0 Å². The predicted octanol–water partition coefficient (Wildman–Crippen LogP) is 5.87. The van der Waals surface area contributed by atoms with Gasteiger partial charge in [0.25, 0.3) is 5.91 Å². The van der Waals surface area contributed by atoms with E-state index in [0.717, 1.165) is 22.4 Å². The van der Waals surface area contributed by atoms with E-state index in [-0.39, 0.29) is 17.7 Å². The topological polar surface area (TPSA) is 49.8 Å². The van der Waals surface area contributed by atoms with Gasteiger partial charge < -0.3 is 14.7 Å². The number of hydrogen-bond donors (Lipinski definition) is 1. The summed E-state index contributed by atoms with van der Waals surface area (Å²) in [5.41, 5.74) is 4.65. The summed E-state index contributed by atoms with van der Waals surface area (Å²) in [5.74, 6) is 0.610. The zero-order chi connectivity index (χ0) is 22.0. The fourth-order valence-corrected chi connectivity index (χ4v) is 4.11. The smallest absolute Gasteiger partial charge is 0.290 e. The first-order valence-electron chi connectivity index (χ1n) is 10.5. The third-order valence-electron chi connectivity index (χ3n) is 5.79. The molecule has 31 heavy (non-hydrogen) atoms. The summed E-state index contributed by atoms with van der Waals surface area (Å²) in [7, 11) is 1.63. The van der Waals surface area contributed by atoms with Crippen molar-refractivity contribution in [3.8, 4) is 5.75 Å². The van der Waals surface area contributed by atoms with Crippen molar-refractivity contribution in [2.45, 2.75) is 32.4 Å². The number of amides is 1. The van der Waals surface area contributed by atoms with E-state index in [4.69, 9.17) is 4.74 Å². The van der Waals surface area contributed by atoms with Crippen LogP contribution in [0.25, 0.3) is 5.57 Å². The van der Waals surface area contributed by atoms with E-state index in [1.807, 2.05) is 54.6 Å². The molecule has 4 rings (SSSR count). The molecule has 1 heterocycles. The Bertz CT molecular complexity index is 1100. The largest absolute Gasteiger partial charge is 0.503 e. The summed E-state index contributed by atoms with van der Waals surface area (Å²) >= 11 is 0. The third kappa shape index (κ3) is 4.06. The fourth-order valence-electron chi connectivity index (χ4n) is 4.11. The molecule has 0 saturated carbocycles. The van der Waals surface area contributed by atoms with Crippen molar-refractivity contribution in [3.63, 3.8) is 0 Å². The van der Waals surface area contributed by atoms with Crippen LogP contribution in [-0.4, -0.2) is 23.0 Å². The number of nitrogens with zero attached hydrogens (tertiary/aromatic N) is 1. The van der Waals surface area contributed by atoms with Crippen molar-refractivity contribution < 1.29 is 14.6 Å². The molecule has 0 spiro atoms. The second kappa shape index (κ2) is 8.68. The van der Waals surface area contributed by atoms with Gasteiger partial charge in [0.1, 0.15) is 5.75 Å². The number of methoxy groups -OCH3 is 1. The monoisotopic (exact) mass is 413 g/mol. The van der Waals surface area contributed by atoms with E-state index >= 15 is 0 Å². The van der Waals surface area contributed by atoms with Gasteiger partial charge in [-0.05, 0) is 40.3 Å². The lowest BCUT2D eigenvalue weighted by Crippen LogP contribution is -2.29. The molecule has 3 aromatic rings. The molecule has 1 amide bonds. The first-order chi connectivity index (χ1) is 15.0. The van der Waals surface area contributed by atoms with Gasteiger partial charge in [0.2, 0.25) is 0 Å². The normalized spacial score (nSPS) is 16.3. The van der Waals surface area contributed by atoms with Crippen LogP contribution in [0.1, 0.15) is 48.1 Å². The molecule has 158 valence electrons. The number of carbonyl (C=O) groups is 1. The summed E-state index contributed by atoms with van der Waals surface area (Å²) in [5, 5.41) is 10.9. The first kappa shape index (κ1) is 20.7. The van der Waals surface area contributed by atoms with E-state index in [1.165, 1.54) is 5.56 Å². The molecule has 0 unspecified atom stereocenters. The summed E-state index contributed by atoms with van der Waals surface area (Å²) in [6.07, 6.45) is 0. The van der Waals surface area contributed by atoms with Crippen LogP contribution in [0.2, 0.25) is 0 Å². The fraction of sp³-hybridized carbons (Fsp3) is 0.222. The summed E-state index contributed by atoms with van der Waals surface area (Å²) in [6, 6.07) is 25.3. The molecule has 1 aliphatic rings. The zero-order valence-electron chi connectivity index (χ0n) is 18.1. The van der Waals surface area contributed by atoms with E-state index in [2.05, 4.69) is 38.1 Å². The minimum atomic E-state index is -0.373. The molecular formula is C27H27NO3. The van der Waals surface area contributed by atoms with Crippen LogP contribution in [0.5, 0.6) is 5.75 Å². The Kier molecular flexibility index (Phi) is 5.81. The molecule has 0 aliphatic carbocycles. The molecule has 1 aliphatic heterocycles. The summed E-state index contributed by atoms with van der Waals surface area (Å²) in [4.78, 5) is 14.9. The molecule has 0 bridgehead atoms. The molecule has 0 aromatic heterocycles. The van der Waals surface area contributed by atoms with Gasteiger partial charge in [0, 0.05) is 12.1 Å². The minimum absolute atomic E-state index is 0.188. The standard InChI is InChI=1S/C27H27NO3/c1-18(2)20-12-14-22(15-13-20)25-24(21-9-5-4-6-10-21)26(29)27(30)28(25)17-19-8-7-11-23(16-19)31-3/h4-16,18,25,29H,17H2,1-3H3/t25-/m0/s1. The van der Waals surface area contributed by atoms with Crippen LogP contribution < -0.4 is 4.74 Å². The first-order valence-corrected chi connectivity index (χ1v) is 10.5. The van der Waals surface area contributed by atoms with Gasteiger partial charge >= 0.3 is 0 Å². The number of carbonyl (C=O) groups excluding carboxylic acids is 1. The van der Waals surface area contributed by atoms with Crippen molar-refractivity contribution in [2.24, 2.45) is 0 Å². The lowest BCUT2D eigenvalue weighted by Gasteiger charge is -2.28. The number of benzene rings is 3. The second-order valence-electron chi connectivity index (χ2n) is 8.14. The Morgan fingerprint density at radius 1 is 0.968 bits per heavy atom. The van der Waals surface area contributed by atoms with Crippen LogP contribution in [0, 0.1) is 0 Å². The predicted molar refractivity (Wildman–Crippen MR) is 123 cm³/mol. The Morgan fingerprint density at radius 3 is 2.32 bits per heavy atom. The van der Waals surface area contributed by atoms with Gasteiger partial charge in [-0.15, -0.1) is 0 Å². The average Bonchev–Trinajstić information content (AvgIpc) is 3.04. The van der Waals surface area contributed by atoms with Gasteiger partial charge in [-0.2, -0.15) is 0 Å². The lowest BCUT2D eigenvalue weighted by molar-refractivity contribution is -0.130. The molecule has 1 atom stereocenters. The Balaban J connectivity index is 1.78. The maximum Gasteiger partial charge on any atom is 0.290 e. The highest BCUT2D eigenvalue weighted by molar-refractivity contribution is 6.05. The van der Waals surface area contributed by atoms with Gasteiger partial charge in [-0.1, -0.05) is 80.6 Å². The molecule has 0 fully saturated rings. The number of ether oxygens (including phenoxy) is 1. The third-order valence-corrected chi connectivity index (χ3v) is 5.79. The molecule has 1 N–H and O–H groups in total. The molecule has 3 aromatic carbocycles. The van der Waals surface area contributed by atoms with Crippen LogP contribution in [-0.2, 0) is 11.3 Å². The molecule has 0 saturated heterocycles. The van der Waals surface area contributed by atoms with Crippen LogP contribution >= 0.6 is 0 Å². The maximum absolute atomic E-state index is 13.2.